The molecular weight excluding hydrogens is 183 g/mol. The van der Waals surface area contributed by atoms with Gasteiger partial charge >= 0.3 is 0 Å². The zero-order valence-electron chi connectivity index (χ0n) is 6.51. The molecule has 0 aromatic rings. The molecule has 4 heteroatoms. The summed E-state index contributed by atoms with van der Waals surface area (Å²) in [5, 5.41) is 7.01. The van der Waals surface area contributed by atoms with Crippen LogP contribution in [0, 0.1) is 0 Å². The van der Waals surface area contributed by atoms with Crippen molar-refractivity contribution in [3.05, 3.63) is 0 Å². The lowest BCUT2D eigenvalue weighted by Gasteiger charge is -2.36. The Labute approximate surface area is 80.3 Å². The van der Waals surface area contributed by atoms with Gasteiger partial charge in [0.1, 0.15) is 0 Å². The highest BCUT2D eigenvalue weighted by molar-refractivity contribution is 5.85. The second-order valence-electron chi connectivity index (χ2n) is 3.15. The molecule has 2 heterocycles. The minimum Gasteiger partial charge on any atom is -0.314 e. The molecule has 68 valence electrons. The first-order valence-corrected chi connectivity index (χ1v) is 3.92. The van der Waals surface area contributed by atoms with E-state index in [0.717, 1.165) is 12.1 Å². The Morgan fingerprint density at radius 3 is 1.91 bits per heavy atom. The lowest BCUT2D eigenvalue weighted by Crippen LogP contribution is -2.57. The van der Waals surface area contributed by atoms with Crippen molar-refractivity contribution in [1.29, 1.82) is 0 Å². The van der Waals surface area contributed by atoms with Crippen molar-refractivity contribution in [3.63, 3.8) is 0 Å². The molecule has 2 saturated heterocycles. The number of hydrogen-bond acceptors (Lipinski definition) is 2. The second-order valence-corrected chi connectivity index (χ2v) is 3.15. The molecule has 2 aliphatic heterocycles. The van der Waals surface area contributed by atoms with Crippen LogP contribution in [0.2, 0.25) is 0 Å². The minimum absolute atomic E-state index is 0. The highest BCUT2D eigenvalue weighted by Gasteiger charge is 2.23. The maximum atomic E-state index is 3.59. The fourth-order valence-corrected chi connectivity index (χ4v) is 1.86. The van der Waals surface area contributed by atoms with Gasteiger partial charge in [-0.15, -0.1) is 24.8 Å². The van der Waals surface area contributed by atoms with Gasteiger partial charge in [-0.2, -0.15) is 0 Å². The lowest BCUT2D eigenvalue weighted by atomic mass is 9.96. The summed E-state index contributed by atoms with van der Waals surface area (Å²) < 4.78 is 0. The molecule has 0 aromatic heterocycles. The van der Waals surface area contributed by atoms with Crippen molar-refractivity contribution in [2.45, 2.75) is 31.3 Å². The maximum Gasteiger partial charge on any atom is 0.0195 e. The number of fused-ring (bicyclic) bond motifs is 2. The van der Waals surface area contributed by atoms with Gasteiger partial charge in [-0.25, -0.2) is 0 Å². The third-order valence-corrected chi connectivity index (χ3v) is 2.36. The maximum absolute atomic E-state index is 3.59. The molecule has 0 aromatic carbocycles. The van der Waals surface area contributed by atoms with Crippen molar-refractivity contribution < 1.29 is 0 Å². The van der Waals surface area contributed by atoms with Crippen molar-refractivity contribution in [2.24, 2.45) is 0 Å². The Kier molecular flexibility index (Phi) is 5.44. The Hall–Kier alpha value is 0.500. The first kappa shape index (κ1) is 11.5. The van der Waals surface area contributed by atoms with Gasteiger partial charge in [-0.3, -0.25) is 0 Å². The molecule has 0 amide bonds. The summed E-state index contributed by atoms with van der Waals surface area (Å²) in [4.78, 5) is 0. The van der Waals surface area contributed by atoms with E-state index in [1.807, 2.05) is 0 Å². The van der Waals surface area contributed by atoms with Gasteiger partial charge in [-0.1, -0.05) is 6.42 Å². The summed E-state index contributed by atoms with van der Waals surface area (Å²) >= 11 is 0. The molecule has 2 atom stereocenters. The number of halogens is 2. The zero-order chi connectivity index (χ0) is 6.10. The Bertz CT molecular complexity index is 90.6. The van der Waals surface area contributed by atoms with Crippen LogP contribution in [0.3, 0.4) is 0 Å². The highest BCUT2D eigenvalue weighted by atomic mass is 35.5. The number of piperazine rings is 1. The van der Waals surface area contributed by atoms with E-state index in [2.05, 4.69) is 10.6 Å². The van der Waals surface area contributed by atoms with Crippen molar-refractivity contribution >= 4 is 24.8 Å². The summed E-state index contributed by atoms with van der Waals surface area (Å²) in [6, 6.07) is 1.58. The largest absolute Gasteiger partial charge is 0.314 e. The molecule has 11 heavy (non-hydrogen) atoms. The van der Waals surface area contributed by atoms with E-state index >= 15 is 0 Å². The molecule has 2 N–H and O–H groups in total. The van der Waals surface area contributed by atoms with E-state index in [4.69, 9.17) is 0 Å². The third kappa shape index (κ3) is 2.79. The Morgan fingerprint density at radius 1 is 0.909 bits per heavy atom. The van der Waals surface area contributed by atoms with E-state index in [1.54, 1.807) is 0 Å². The lowest BCUT2D eigenvalue weighted by molar-refractivity contribution is 0.260. The van der Waals surface area contributed by atoms with Crippen molar-refractivity contribution in [2.75, 3.05) is 13.1 Å². The predicted molar refractivity (Wildman–Crippen MR) is 51.9 cm³/mol. The Morgan fingerprint density at radius 2 is 1.45 bits per heavy atom. The average molecular weight is 199 g/mol. The minimum atomic E-state index is 0. The van der Waals surface area contributed by atoms with Crippen LogP contribution in [0.1, 0.15) is 19.3 Å². The molecule has 2 rings (SSSR count). The van der Waals surface area contributed by atoms with Gasteiger partial charge in [0.25, 0.3) is 0 Å². The average Bonchev–Trinajstić information content (AvgIpc) is 1.88. The summed E-state index contributed by atoms with van der Waals surface area (Å²) in [5.74, 6) is 0. The number of piperidine rings is 1. The normalized spacial score (nSPS) is 34.9. The standard InChI is InChI=1S/C7H14N2.2ClH/c1-2-6-4-8-5-7(3-1)9-6;;/h6-9H,1-5H2;2*1H. The quantitative estimate of drug-likeness (QED) is 0.606. The van der Waals surface area contributed by atoms with E-state index in [-0.39, 0.29) is 24.8 Å². The molecule has 2 unspecified atom stereocenters. The van der Waals surface area contributed by atoms with E-state index in [0.29, 0.717) is 0 Å². The van der Waals surface area contributed by atoms with Crippen LogP contribution in [-0.4, -0.2) is 25.2 Å². The van der Waals surface area contributed by atoms with E-state index in [9.17, 15) is 0 Å². The molecule has 2 nitrogen and oxygen atoms in total. The number of nitrogens with one attached hydrogen (secondary N) is 2. The molecule has 2 aliphatic rings. The third-order valence-electron chi connectivity index (χ3n) is 2.36. The first-order chi connectivity index (χ1) is 4.45. The van der Waals surface area contributed by atoms with Gasteiger partial charge in [0.2, 0.25) is 0 Å². The van der Waals surface area contributed by atoms with Gasteiger partial charge in [0.15, 0.2) is 0 Å². The molecule has 2 fully saturated rings. The molecule has 0 saturated carbocycles. The predicted octanol–water partition coefficient (Wildman–Crippen LogP) is 0.944. The SMILES string of the molecule is C1CC2CNCC(C1)N2.Cl.Cl. The van der Waals surface area contributed by atoms with Crippen LogP contribution in [0.25, 0.3) is 0 Å². The van der Waals surface area contributed by atoms with Gasteiger partial charge in [-0.05, 0) is 12.8 Å². The first-order valence-electron chi connectivity index (χ1n) is 3.92. The highest BCUT2D eigenvalue weighted by Crippen LogP contribution is 2.14. The molecule has 2 bridgehead atoms. The molecule has 0 spiro atoms. The zero-order valence-corrected chi connectivity index (χ0v) is 8.14. The van der Waals surface area contributed by atoms with Gasteiger partial charge < -0.3 is 10.6 Å². The fourth-order valence-electron chi connectivity index (χ4n) is 1.86. The Balaban J connectivity index is 0.000000500. The van der Waals surface area contributed by atoms with Crippen molar-refractivity contribution in [3.8, 4) is 0 Å². The summed E-state index contributed by atoms with van der Waals surface area (Å²) in [6.07, 6.45) is 4.19. The van der Waals surface area contributed by atoms with E-state index < -0.39 is 0 Å². The molecule has 0 radical (unpaired) electrons. The fraction of sp³-hybridized carbons (Fsp3) is 1.00. The van der Waals surface area contributed by atoms with Crippen LogP contribution in [0.5, 0.6) is 0 Å². The van der Waals surface area contributed by atoms with Crippen LogP contribution in [0.4, 0.5) is 0 Å². The topological polar surface area (TPSA) is 24.1 Å². The summed E-state index contributed by atoms with van der Waals surface area (Å²) in [6.45, 7) is 2.38. The van der Waals surface area contributed by atoms with Crippen LogP contribution >= 0.6 is 24.8 Å². The monoisotopic (exact) mass is 198 g/mol. The van der Waals surface area contributed by atoms with E-state index in [1.165, 1.54) is 32.4 Å². The van der Waals surface area contributed by atoms with Gasteiger partial charge in [0, 0.05) is 25.2 Å². The van der Waals surface area contributed by atoms with Crippen molar-refractivity contribution in [1.82, 2.24) is 10.6 Å². The number of hydrogen-bond donors (Lipinski definition) is 2. The van der Waals surface area contributed by atoms with Crippen LogP contribution in [0.15, 0.2) is 0 Å². The molecular formula is C7H16Cl2N2. The van der Waals surface area contributed by atoms with Crippen LogP contribution in [-0.2, 0) is 0 Å². The van der Waals surface area contributed by atoms with Gasteiger partial charge in [0.05, 0.1) is 0 Å². The summed E-state index contributed by atoms with van der Waals surface area (Å²) in [5.41, 5.74) is 0. The smallest absolute Gasteiger partial charge is 0.0195 e. The second kappa shape index (κ2) is 5.20. The summed E-state index contributed by atoms with van der Waals surface area (Å²) in [7, 11) is 0. The van der Waals surface area contributed by atoms with Crippen LogP contribution < -0.4 is 10.6 Å². The number of rotatable bonds is 0. The molecule has 0 aliphatic carbocycles.